The van der Waals surface area contributed by atoms with Gasteiger partial charge >= 0.3 is 6.09 Å². The molecular weight excluding hydrogens is 234 g/mol. The van der Waals surface area contributed by atoms with E-state index in [0.29, 0.717) is 25.6 Å². The second kappa shape index (κ2) is 7.18. The highest BCUT2D eigenvalue weighted by Crippen LogP contribution is 2.02. The molecule has 0 rings (SSSR count). The van der Waals surface area contributed by atoms with Crippen molar-refractivity contribution in [1.29, 1.82) is 0 Å². The maximum absolute atomic E-state index is 11.3. The summed E-state index contributed by atoms with van der Waals surface area (Å²) in [5.74, 6) is 0.375. The zero-order valence-corrected chi connectivity index (χ0v) is 10.1. The molecule has 1 atom stereocenters. The second-order valence-corrected chi connectivity index (χ2v) is 3.66. The zero-order valence-electron chi connectivity index (χ0n) is 8.55. The minimum Gasteiger partial charge on any atom is -0.449 e. The Morgan fingerprint density at radius 2 is 2.00 bits per heavy atom. The molecule has 1 amide bonds. The van der Waals surface area contributed by atoms with E-state index in [4.69, 9.17) is 4.74 Å². The number of nitrogens with zero attached hydrogens (tertiary/aromatic N) is 1. The summed E-state index contributed by atoms with van der Waals surface area (Å²) in [7, 11) is 0. The molecule has 0 bridgehead atoms. The number of ether oxygens (including phenoxy) is 1. The minimum atomic E-state index is -0.210. The first kappa shape index (κ1) is 12.8. The van der Waals surface area contributed by atoms with Crippen LogP contribution in [0.5, 0.6) is 0 Å². The first-order chi connectivity index (χ1) is 6.15. The van der Waals surface area contributed by atoms with Crippen LogP contribution in [0, 0.1) is 5.92 Å². The second-order valence-electron chi connectivity index (χ2n) is 3.01. The molecule has 0 saturated carbocycles. The van der Waals surface area contributed by atoms with Gasteiger partial charge in [0.1, 0.15) is 0 Å². The average Bonchev–Trinajstić information content (AvgIpc) is 2.16. The van der Waals surface area contributed by atoms with Gasteiger partial charge in [-0.15, -0.1) is 0 Å². The van der Waals surface area contributed by atoms with Crippen LogP contribution in [-0.4, -0.2) is 36.0 Å². The number of rotatable bonds is 5. The summed E-state index contributed by atoms with van der Waals surface area (Å²) < 4.78 is 5.10. The van der Waals surface area contributed by atoms with Gasteiger partial charge in [-0.05, 0) is 13.8 Å². The highest BCUT2D eigenvalue weighted by molar-refractivity contribution is 9.09. The lowest BCUT2D eigenvalue weighted by Crippen LogP contribution is -2.32. The molecule has 0 aromatic carbocycles. The summed E-state index contributed by atoms with van der Waals surface area (Å²) in [4.78, 5) is 13.0. The lowest BCUT2D eigenvalue weighted by Gasteiger charge is -2.19. The Morgan fingerprint density at radius 1 is 1.46 bits per heavy atom. The highest BCUT2D eigenvalue weighted by Gasteiger charge is 2.11. The third kappa shape index (κ3) is 5.13. The molecule has 0 fully saturated rings. The van der Waals surface area contributed by atoms with Gasteiger partial charge in [0.05, 0.1) is 6.61 Å². The number of alkyl halides is 1. The normalized spacial score (nSPS) is 12.3. The molecule has 4 heteroatoms. The molecule has 78 valence electrons. The van der Waals surface area contributed by atoms with Crippen molar-refractivity contribution < 1.29 is 9.53 Å². The van der Waals surface area contributed by atoms with Crippen LogP contribution in [0.25, 0.3) is 0 Å². The van der Waals surface area contributed by atoms with Crippen LogP contribution in [0.4, 0.5) is 4.79 Å². The maximum atomic E-state index is 11.3. The molecule has 3 nitrogen and oxygen atoms in total. The summed E-state index contributed by atoms with van der Waals surface area (Å²) in [5.41, 5.74) is 0. The lowest BCUT2D eigenvalue weighted by molar-refractivity contribution is 0.0962. The third-order valence-electron chi connectivity index (χ3n) is 1.78. The van der Waals surface area contributed by atoms with Crippen LogP contribution in [0.3, 0.4) is 0 Å². The lowest BCUT2D eigenvalue weighted by atomic mass is 10.2. The van der Waals surface area contributed by atoms with Crippen molar-refractivity contribution in [1.82, 2.24) is 4.90 Å². The molecule has 0 aliphatic heterocycles. The summed E-state index contributed by atoms with van der Waals surface area (Å²) in [6.07, 6.45) is -0.210. The number of carbonyl (C=O) groups is 1. The quantitative estimate of drug-likeness (QED) is 0.703. The SMILES string of the molecule is CCN(CC)C(=O)OCC(C)CBr. The Labute approximate surface area is 88.6 Å². The Kier molecular flexibility index (Phi) is 7.04. The van der Waals surface area contributed by atoms with E-state index in [9.17, 15) is 4.79 Å². The van der Waals surface area contributed by atoms with Gasteiger partial charge in [-0.3, -0.25) is 0 Å². The summed E-state index contributed by atoms with van der Waals surface area (Å²) in [6, 6.07) is 0. The molecule has 0 radical (unpaired) electrons. The number of hydrogen-bond donors (Lipinski definition) is 0. The van der Waals surface area contributed by atoms with Crippen LogP contribution in [0.1, 0.15) is 20.8 Å². The molecule has 0 aliphatic carbocycles. The van der Waals surface area contributed by atoms with Crippen molar-refractivity contribution in [2.75, 3.05) is 25.0 Å². The van der Waals surface area contributed by atoms with Gasteiger partial charge in [-0.2, -0.15) is 0 Å². The van der Waals surface area contributed by atoms with E-state index < -0.39 is 0 Å². The van der Waals surface area contributed by atoms with Crippen molar-refractivity contribution >= 4 is 22.0 Å². The summed E-state index contributed by atoms with van der Waals surface area (Å²) in [6.45, 7) is 7.82. The first-order valence-electron chi connectivity index (χ1n) is 4.63. The fraction of sp³-hybridized carbons (Fsp3) is 0.889. The van der Waals surface area contributed by atoms with E-state index in [-0.39, 0.29) is 6.09 Å². The molecule has 0 saturated heterocycles. The van der Waals surface area contributed by atoms with Crippen LogP contribution in [0.15, 0.2) is 0 Å². The first-order valence-corrected chi connectivity index (χ1v) is 5.75. The van der Waals surface area contributed by atoms with Crippen molar-refractivity contribution in [3.8, 4) is 0 Å². The molecule has 0 spiro atoms. The van der Waals surface area contributed by atoms with E-state index in [2.05, 4.69) is 15.9 Å². The van der Waals surface area contributed by atoms with E-state index in [1.54, 1.807) is 4.90 Å². The monoisotopic (exact) mass is 251 g/mol. The van der Waals surface area contributed by atoms with Crippen LogP contribution in [-0.2, 0) is 4.74 Å². The molecule has 0 N–H and O–H groups in total. The Bertz CT molecular complexity index is 149. The van der Waals surface area contributed by atoms with Crippen LogP contribution < -0.4 is 0 Å². The standard InChI is InChI=1S/C9H18BrNO2/c1-4-11(5-2)9(12)13-7-8(3)6-10/h8H,4-7H2,1-3H3. The fourth-order valence-electron chi connectivity index (χ4n) is 0.831. The molecule has 1 unspecified atom stereocenters. The molecule has 13 heavy (non-hydrogen) atoms. The molecule has 0 aromatic heterocycles. The summed E-state index contributed by atoms with van der Waals surface area (Å²) in [5, 5.41) is 0.860. The minimum absolute atomic E-state index is 0.210. The van der Waals surface area contributed by atoms with E-state index >= 15 is 0 Å². The van der Waals surface area contributed by atoms with Gasteiger partial charge in [0.15, 0.2) is 0 Å². The predicted octanol–water partition coefficient (Wildman–Crippen LogP) is 2.50. The van der Waals surface area contributed by atoms with Crippen LogP contribution >= 0.6 is 15.9 Å². The highest BCUT2D eigenvalue weighted by atomic mass is 79.9. The Hall–Kier alpha value is -0.250. The molecular formula is C9H18BrNO2. The predicted molar refractivity (Wildman–Crippen MR) is 57.2 cm³/mol. The molecule has 0 aliphatic rings. The van der Waals surface area contributed by atoms with Gasteiger partial charge in [-0.1, -0.05) is 22.9 Å². The van der Waals surface area contributed by atoms with Crippen molar-refractivity contribution in [2.45, 2.75) is 20.8 Å². The largest absolute Gasteiger partial charge is 0.449 e. The third-order valence-corrected chi connectivity index (χ3v) is 2.88. The van der Waals surface area contributed by atoms with Gasteiger partial charge in [0.25, 0.3) is 0 Å². The Balaban J connectivity index is 3.72. The van der Waals surface area contributed by atoms with E-state index in [1.165, 1.54) is 0 Å². The van der Waals surface area contributed by atoms with E-state index in [1.807, 2.05) is 20.8 Å². The average molecular weight is 252 g/mol. The Morgan fingerprint density at radius 3 is 2.38 bits per heavy atom. The zero-order chi connectivity index (χ0) is 10.3. The van der Waals surface area contributed by atoms with Crippen LogP contribution in [0.2, 0.25) is 0 Å². The number of amides is 1. The number of carbonyl (C=O) groups excluding carboxylic acids is 1. The molecule has 0 aromatic rings. The topological polar surface area (TPSA) is 29.5 Å². The summed E-state index contributed by atoms with van der Waals surface area (Å²) >= 11 is 3.33. The molecule has 0 heterocycles. The van der Waals surface area contributed by atoms with Gasteiger partial charge < -0.3 is 9.64 Å². The smallest absolute Gasteiger partial charge is 0.409 e. The number of halogens is 1. The van der Waals surface area contributed by atoms with Gasteiger partial charge in [0.2, 0.25) is 0 Å². The maximum Gasteiger partial charge on any atom is 0.409 e. The van der Waals surface area contributed by atoms with Gasteiger partial charge in [-0.25, -0.2) is 4.79 Å². The van der Waals surface area contributed by atoms with Gasteiger partial charge in [0, 0.05) is 24.3 Å². The van der Waals surface area contributed by atoms with Crippen molar-refractivity contribution in [3.63, 3.8) is 0 Å². The van der Waals surface area contributed by atoms with Crippen molar-refractivity contribution in [2.24, 2.45) is 5.92 Å². The number of hydrogen-bond acceptors (Lipinski definition) is 2. The van der Waals surface area contributed by atoms with E-state index in [0.717, 1.165) is 5.33 Å². The fourth-order valence-corrected chi connectivity index (χ4v) is 1.02. The van der Waals surface area contributed by atoms with Crippen molar-refractivity contribution in [3.05, 3.63) is 0 Å².